The molecule has 0 aromatic heterocycles. The summed E-state index contributed by atoms with van der Waals surface area (Å²) in [5.74, 6) is -2.99. The summed E-state index contributed by atoms with van der Waals surface area (Å²) in [4.78, 5) is 21.8. The lowest BCUT2D eigenvalue weighted by Crippen LogP contribution is -2.44. The van der Waals surface area contributed by atoms with E-state index < -0.39 is 30.6 Å². The van der Waals surface area contributed by atoms with Gasteiger partial charge in [0.25, 0.3) is 0 Å². The van der Waals surface area contributed by atoms with Crippen molar-refractivity contribution < 1.29 is 30.0 Å². The number of hydrogen-bond donors (Lipinski definition) is 5. The number of phenols is 1. The third kappa shape index (κ3) is 3.19. The minimum atomic E-state index is -1.43. The lowest BCUT2D eigenvalue weighted by atomic mass is 10.0. The van der Waals surface area contributed by atoms with Crippen LogP contribution < -0.4 is 5.32 Å². The average Bonchev–Trinajstić information content (AvgIpc) is 2.31. The Morgan fingerprint density at radius 3 is 2.22 bits per heavy atom. The fourth-order valence-electron chi connectivity index (χ4n) is 1.43. The van der Waals surface area contributed by atoms with Crippen molar-refractivity contribution in [1.29, 1.82) is 0 Å². The van der Waals surface area contributed by atoms with Crippen LogP contribution in [0.25, 0.3) is 0 Å². The number of carbonyl (C=O) groups is 2. The lowest BCUT2D eigenvalue weighted by Gasteiger charge is -2.19. The Hall–Kier alpha value is -2.12. The molecule has 0 fully saturated rings. The number of para-hydroxylation sites is 1. The Labute approximate surface area is 102 Å². The summed E-state index contributed by atoms with van der Waals surface area (Å²) < 4.78 is 0. The van der Waals surface area contributed by atoms with Gasteiger partial charge >= 0.3 is 11.9 Å². The van der Waals surface area contributed by atoms with Gasteiger partial charge in [-0.3, -0.25) is 14.9 Å². The van der Waals surface area contributed by atoms with Gasteiger partial charge in [-0.25, -0.2) is 0 Å². The lowest BCUT2D eigenvalue weighted by molar-refractivity contribution is -0.143. The van der Waals surface area contributed by atoms with E-state index >= 15 is 0 Å². The fourth-order valence-corrected chi connectivity index (χ4v) is 1.43. The highest BCUT2D eigenvalue weighted by molar-refractivity contribution is 5.79. The van der Waals surface area contributed by atoms with Crippen LogP contribution in [0.2, 0.25) is 0 Å². The molecule has 0 spiro atoms. The van der Waals surface area contributed by atoms with Crippen LogP contribution in [0.4, 0.5) is 0 Å². The highest BCUT2D eigenvalue weighted by Gasteiger charge is 2.28. The number of hydrogen-bond acceptors (Lipinski definition) is 5. The Bertz CT molecular complexity index is 447. The summed E-state index contributed by atoms with van der Waals surface area (Å²) >= 11 is 0. The summed E-state index contributed by atoms with van der Waals surface area (Å²) in [6.45, 7) is -0.757. The van der Waals surface area contributed by atoms with Gasteiger partial charge in [-0.15, -0.1) is 0 Å². The van der Waals surface area contributed by atoms with Crippen molar-refractivity contribution in [2.75, 3.05) is 6.61 Å². The number of aromatic hydroxyl groups is 1. The van der Waals surface area contributed by atoms with Crippen LogP contribution >= 0.6 is 0 Å². The number of aliphatic hydroxyl groups excluding tert-OH is 1. The van der Waals surface area contributed by atoms with Gasteiger partial charge < -0.3 is 20.4 Å². The molecule has 0 aliphatic rings. The molecule has 18 heavy (non-hydrogen) atoms. The van der Waals surface area contributed by atoms with E-state index in [1.54, 1.807) is 0 Å². The second kappa shape index (κ2) is 5.99. The van der Waals surface area contributed by atoms with Crippen LogP contribution in [0.5, 0.6) is 5.75 Å². The Morgan fingerprint density at radius 1 is 1.17 bits per heavy atom. The molecule has 0 aliphatic carbocycles. The van der Waals surface area contributed by atoms with Crippen molar-refractivity contribution in [3.63, 3.8) is 0 Å². The number of aliphatic carboxylic acids is 2. The van der Waals surface area contributed by atoms with Gasteiger partial charge in [0.1, 0.15) is 17.8 Å². The van der Waals surface area contributed by atoms with Gasteiger partial charge in [0.05, 0.1) is 6.61 Å². The summed E-state index contributed by atoms with van der Waals surface area (Å²) in [6.07, 6.45) is 0. The van der Waals surface area contributed by atoms with E-state index in [1.807, 2.05) is 0 Å². The molecule has 2 atom stereocenters. The number of carboxylic acid groups (broad SMARTS) is 2. The molecule has 0 radical (unpaired) electrons. The zero-order chi connectivity index (χ0) is 13.7. The fraction of sp³-hybridized carbons (Fsp3) is 0.273. The molecule has 7 nitrogen and oxygen atoms in total. The van der Waals surface area contributed by atoms with E-state index in [4.69, 9.17) is 15.3 Å². The largest absolute Gasteiger partial charge is 0.508 e. The van der Waals surface area contributed by atoms with Gasteiger partial charge in [-0.05, 0) is 6.07 Å². The highest BCUT2D eigenvalue weighted by Crippen LogP contribution is 2.24. The molecule has 1 rings (SSSR count). The molecular weight excluding hydrogens is 242 g/mol. The normalized spacial score (nSPS) is 13.8. The first-order chi connectivity index (χ1) is 8.47. The number of carboxylic acids is 2. The van der Waals surface area contributed by atoms with E-state index in [0.717, 1.165) is 0 Å². The molecule has 1 aromatic carbocycles. The predicted octanol–water partition coefficient (Wildman–Crippen LogP) is -0.447. The molecule has 5 N–H and O–H groups in total. The first-order valence-corrected chi connectivity index (χ1v) is 5.07. The number of aliphatic hydroxyl groups is 1. The number of nitrogens with one attached hydrogen (secondary N) is 1. The SMILES string of the molecule is O=C(O)C(N[C@@H](CO)C(=O)O)c1ccccc1O. The molecule has 1 aromatic rings. The molecule has 0 aliphatic heterocycles. The molecule has 1 unspecified atom stereocenters. The van der Waals surface area contributed by atoms with Crippen molar-refractivity contribution in [2.45, 2.75) is 12.1 Å². The van der Waals surface area contributed by atoms with E-state index in [-0.39, 0.29) is 11.3 Å². The minimum Gasteiger partial charge on any atom is -0.508 e. The van der Waals surface area contributed by atoms with Crippen LogP contribution in [0.15, 0.2) is 24.3 Å². The standard InChI is InChI=1S/C11H13NO6/c13-5-7(10(15)16)12-9(11(17)18)6-3-1-2-4-8(6)14/h1-4,7,9,12-14H,5H2,(H,15,16)(H,17,18)/t7-,9?/m0/s1. The maximum absolute atomic E-state index is 11.1. The predicted molar refractivity (Wildman–Crippen MR) is 60.1 cm³/mol. The number of benzene rings is 1. The zero-order valence-electron chi connectivity index (χ0n) is 9.28. The van der Waals surface area contributed by atoms with Gasteiger partial charge in [0, 0.05) is 5.56 Å². The summed E-state index contributed by atoms with van der Waals surface area (Å²) in [6, 6.07) is 2.84. The smallest absolute Gasteiger partial charge is 0.325 e. The topological polar surface area (TPSA) is 127 Å². The first kappa shape index (κ1) is 13.9. The maximum Gasteiger partial charge on any atom is 0.325 e. The first-order valence-electron chi connectivity index (χ1n) is 5.07. The average molecular weight is 255 g/mol. The van der Waals surface area contributed by atoms with E-state index in [2.05, 4.69) is 5.32 Å². The molecule has 0 heterocycles. The highest BCUT2D eigenvalue weighted by atomic mass is 16.4. The Kier molecular flexibility index (Phi) is 4.64. The number of rotatable bonds is 6. The second-order valence-electron chi connectivity index (χ2n) is 3.57. The third-order valence-corrected chi connectivity index (χ3v) is 2.34. The van der Waals surface area contributed by atoms with Crippen molar-refractivity contribution >= 4 is 11.9 Å². The molecule has 0 saturated carbocycles. The van der Waals surface area contributed by atoms with Crippen LogP contribution in [0, 0.1) is 0 Å². The summed E-state index contributed by atoms with van der Waals surface area (Å²) in [5.41, 5.74) is 0.0321. The van der Waals surface area contributed by atoms with E-state index in [9.17, 15) is 14.7 Å². The minimum absolute atomic E-state index is 0.0321. The van der Waals surface area contributed by atoms with E-state index in [1.165, 1.54) is 24.3 Å². The van der Waals surface area contributed by atoms with Crippen molar-refractivity contribution in [3.8, 4) is 5.75 Å². The van der Waals surface area contributed by atoms with Crippen molar-refractivity contribution in [2.24, 2.45) is 0 Å². The zero-order valence-corrected chi connectivity index (χ0v) is 9.28. The van der Waals surface area contributed by atoms with Gasteiger partial charge in [-0.1, -0.05) is 18.2 Å². The molecule has 7 heteroatoms. The molecule has 0 amide bonds. The van der Waals surface area contributed by atoms with Crippen molar-refractivity contribution in [3.05, 3.63) is 29.8 Å². The van der Waals surface area contributed by atoms with Crippen LogP contribution in [0.3, 0.4) is 0 Å². The quantitative estimate of drug-likeness (QED) is 0.466. The van der Waals surface area contributed by atoms with Gasteiger partial charge in [0.2, 0.25) is 0 Å². The van der Waals surface area contributed by atoms with Crippen molar-refractivity contribution in [1.82, 2.24) is 5.32 Å². The summed E-state index contributed by atoms with van der Waals surface area (Å²) in [7, 11) is 0. The third-order valence-electron chi connectivity index (χ3n) is 2.34. The van der Waals surface area contributed by atoms with Crippen LogP contribution in [-0.4, -0.2) is 45.0 Å². The van der Waals surface area contributed by atoms with Gasteiger partial charge in [-0.2, -0.15) is 0 Å². The summed E-state index contributed by atoms with van der Waals surface area (Å²) in [5, 5.41) is 38.4. The second-order valence-corrected chi connectivity index (χ2v) is 3.57. The van der Waals surface area contributed by atoms with Crippen LogP contribution in [0.1, 0.15) is 11.6 Å². The number of phenolic OH excluding ortho intramolecular Hbond substituents is 1. The Balaban J connectivity index is 3.01. The Morgan fingerprint density at radius 2 is 1.78 bits per heavy atom. The van der Waals surface area contributed by atoms with E-state index in [0.29, 0.717) is 0 Å². The molecule has 98 valence electrons. The van der Waals surface area contributed by atoms with Crippen LogP contribution in [-0.2, 0) is 9.59 Å². The maximum atomic E-state index is 11.1. The molecule has 0 bridgehead atoms. The monoisotopic (exact) mass is 255 g/mol. The molecule has 0 saturated heterocycles. The van der Waals surface area contributed by atoms with Gasteiger partial charge in [0.15, 0.2) is 0 Å². The molecular formula is C11H13NO6.